The predicted octanol–water partition coefficient (Wildman–Crippen LogP) is 0.700. The summed E-state index contributed by atoms with van der Waals surface area (Å²) in [6.07, 6.45) is 0.746. The lowest BCUT2D eigenvalue weighted by Crippen LogP contribution is -2.48. The van der Waals surface area contributed by atoms with Gasteiger partial charge in [-0.2, -0.15) is 5.26 Å². The third kappa shape index (κ3) is 2.50. The number of imide groups is 1. The molecule has 6 heteroatoms. The molecule has 3 N–H and O–H groups in total. The third-order valence-electron chi connectivity index (χ3n) is 3.16. The Bertz CT molecular complexity index is 576. The van der Waals surface area contributed by atoms with Gasteiger partial charge in [-0.3, -0.25) is 14.5 Å². The SMILES string of the molecule is CN1C(=O)CCC(Nc2cc(C#N)ccc2N)C1=O. The molecule has 1 unspecified atom stereocenters. The molecule has 1 aromatic carbocycles. The van der Waals surface area contributed by atoms with Crippen LogP contribution in [0.3, 0.4) is 0 Å². The summed E-state index contributed by atoms with van der Waals surface area (Å²) in [4.78, 5) is 24.4. The molecule has 0 aliphatic carbocycles. The number of anilines is 2. The molecule has 1 aromatic rings. The first kappa shape index (κ1) is 12.9. The van der Waals surface area contributed by atoms with Crippen LogP contribution in [0.1, 0.15) is 18.4 Å². The fourth-order valence-corrected chi connectivity index (χ4v) is 1.99. The third-order valence-corrected chi connectivity index (χ3v) is 3.16. The minimum absolute atomic E-state index is 0.179. The number of rotatable bonds is 2. The number of likely N-dealkylation sites (tertiary alicyclic amines) is 1. The fourth-order valence-electron chi connectivity index (χ4n) is 1.99. The van der Waals surface area contributed by atoms with Gasteiger partial charge in [0.1, 0.15) is 6.04 Å². The lowest BCUT2D eigenvalue weighted by Gasteiger charge is -2.29. The zero-order valence-electron chi connectivity index (χ0n) is 10.5. The summed E-state index contributed by atoms with van der Waals surface area (Å²) in [5.41, 5.74) is 7.27. The van der Waals surface area contributed by atoms with Gasteiger partial charge in [0.2, 0.25) is 5.91 Å². The van der Waals surface area contributed by atoms with Gasteiger partial charge >= 0.3 is 0 Å². The second-order valence-electron chi connectivity index (χ2n) is 4.44. The Morgan fingerprint density at radius 1 is 1.47 bits per heavy atom. The number of nitriles is 1. The van der Waals surface area contributed by atoms with Gasteiger partial charge in [0.15, 0.2) is 0 Å². The molecule has 6 nitrogen and oxygen atoms in total. The molecule has 1 heterocycles. The molecule has 0 saturated carbocycles. The molecule has 19 heavy (non-hydrogen) atoms. The van der Waals surface area contributed by atoms with Crippen LogP contribution in [0.5, 0.6) is 0 Å². The quantitative estimate of drug-likeness (QED) is 0.601. The lowest BCUT2D eigenvalue weighted by molar-refractivity contribution is -0.146. The number of carbonyl (C=O) groups is 2. The molecule has 0 bridgehead atoms. The molecule has 1 aliphatic heterocycles. The normalized spacial score (nSPS) is 19.2. The van der Waals surface area contributed by atoms with E-state index in [9.17, 15) is 9.59 Å². The number of amides is 2. The smallest absolute Gasteiger partial charge is 0.251 e. The van der Waals surface area contributed by atoms with Crippen molar-refractivity contribution >= 4 is 23.2 Å². The van der Waals surface area contributed by atoms with E-state index in [4.69, 9.17) is 11.0 Å². The van der Waals surface area contributed by atoms with Gasteiger partial charge in [0, 0.05) is 13.5 Å². The highest BCUT2D eigenvalue weighted by atomic mass is 16.2. The summed E-state index contributed by atoms with van der Waals surface area (Å²) in [6, 6.07) is 6.35. The van der Waals surface area contributed by atoms with Crippen molar-refractivity contribution < 1.29 is 9.59 Å². The minimum atomic E-state index is -0.487. The van der Waals surface area contributed by atoms with Crippen molar-refractivity contribution in [1.29, 1.82) is 5.26 Å². The van der Waals surface area contributed by atoms with Crippen molar-refractivity contribution in [3.05, 3.63) is 23.8 Å². The maximum Gasteiger partial charge on any atom is 0.251 e. The number of hydrogen-bond acceptors (Lipinski definition) is 5. The number of benzene rings is 1. The fraction of sp³-hybridized carbons (Fsp3) is 0.308. The molecule has 98 valence electrons. The Kier molecular flexibility index (Phi) is 3.38. The van der Waals surface area contributed by atoms with Crippen molar-refractivity contribution in [3.63, 3.8) is 0 Å². The average molecular weight is 258 g/mol. The van der Waals surface area contributed by atoms with Gasteiger partial charge in [-0.15, -0.1) is 0 Å². The summed E-state index contributed by atoms with van der Waals surface area (Å²) in [5, 5.41) is 11.9. The van der Waals surface area contributed by atoms with Gasteiger partial charge < -0.3 is 11.1 Å². The first-order valence-corrected chi connectivity index (χ1v) is 5.89. The molecule has 1 saturated heterocycles. The van der Waals surface area contributed by atoms with Crippen LogP contribution in [0.2, 0.25) is 0 Å². The first-order valence-electron chi connectivity index (χ1n) is 5.89. The Morgan fingerprint density at radius 3 is 2.89 bits per heavy atom. The van der Waals surface area contributed by atoms with Crippen LogP contribution in [-0.2, 0) is 9.59 Å². The number of nitrogen functional groups attached to an aromatic ring is 1. The zero-order chi connectivity index (χ0) is 14.0. The van der Waals surface area contributed by atoms with E-state index in [-0.39, 0.29) is 11.8 Å². The minimum Gasteiger partial charge on any atom is -0.397 e. The molecule has 2 amide bonds. The zero-order valence-corrected chi connectivity index (χ0v) is 10.5. The predicted molar refractivity (Wildman–Crippen MR) is 70.0 cm³/mol. The van der Waals surface area contributed by atoms with Gasteiger partial charge in [0.25, 0.3) is 5.91 Å². The summed E-state index contributed by atoms with van der Waals surface area (Å²) in [7, 11) is 1.47. The average Bonchev–Trinajstić information content (AvgIpc) is 2.41. The van der Waals surface area contributed by atoms with E-state index < -0.39 is 6.04 Å². The van der Waals surface area contributed by atoms with Gasteiger partial charge in [0.05, 0.1) is 23.0 Å². The summed E-state index contributed by atoms with van der Waals surface area (Å²) in [6.45, 7) is 0. The summed E-state index contributed by atoms with van der Waals surface area (Å²) >= 11 is 0. The first-order chi connectivity index (χ1) is 9.02. The van der Waals surface area contributed by atoms with Crippen molar-refractivity contribution in [2.45, 2.75) is 18.9 Å². The number of nitrogens with two attached hydrogens (primary N) is 1. The van der Waals surface area contributed by atoms with Crippen LogP contribution in [0, 0.1) is 11.3 Å². The van der Waals surface area contributed by atoms with E-state index in [1.807, 2.05) is 6.07 Å². The van der Waals surface area contributed by atoms with E-state index >= 15 is 0 Å². The van der Waals surface area contributed by atoms with Gasteiger partial charge in [-0.05, 0) is 24.6 Å². The number of piperidine rings is 1. The van der Waals surface area contributed by atoms with Crippen LogP contribution in [0.4, 0.5) is 11.4 Å². The number of carbonyl (C=O) groups excluding carboxylic acids is 2. The standard InChI is InChI=1S/C13H14N4O2/c1-17-12(18)5-4-10(13(17)19)16-11-6-8(7-14)2-3-9(11)15/h2-3,6,10,16H,4-5,15H2,1H3. The summed E-state index contributed by atoms with van der Waals surface area (Å²) in [5.74, 6) is -0.459. The largest absolute Gasteiger partial charge is 0.397 e. The van der Waals surface area contributed by atoms with E-state index in [1.165, 1.54) is 7.05 Å². The number of hydrogen-bond donors (Lipinski definition) is 2. The number of nitrogens with zero attached hydrogens (tertiary/aromatic N) is 2. The van der Waals surface area contributed by atoms with E-state index in [0.717, 1.165) is 4.90 Å². The topological polar surface area (TPSA) is 99.2 Å². The summed E-state index contributed by atoms with van der Waals surface area (Å²) < 4.78 is 0. The molecular formula is C13H14N4O2. The molecule has 0 radical (unpaired) electrons. The molecule has 1 aliphatic rings. The van der Waals surface area contributed by atoms with Gasteiger partial charge in [-0.25, -0.2) is 0 Å². The maximum atomic E-state index is 11.9. The highest BCUT2D eigenvalue weighted by molar-refractivity contribution is 6.01. The van der Waals surface area contributed by atoms with E-state index in [0.29, 0.717) is 29.8 Å². The number of nitrogens with one attached hydrogen (secondary N) is 1. The van der Waals surface area contributed by atoms with Crippen LogP contribution < -0.4 is 11.1 Å². The van der Waals surface area contributed by atoms with Gasteiger partial charge in [-0.1, -0.05) is 0 Å². The maximum absolute atomic E-state index is 11.9. The molecule has 1 fully saturated rings. The van der Waals surface area contributed by atoms with E-state index in [1.54, 1.807) is 18.2 Å². The Balaban J connectivity index is 2.20. The van der Waals surface area contributed by atoms with Crippen LogP contribution in [0.25, 0.3) is 0 Å². The lowest BCUT2D eigenvalue weighted by atomic mass is 10.0. The molecule has 0 aromatic heterocycles. The Labute approximate surface area is 110 Å². The second kappa shape index (κ2) is 4.98. The second-order valence-corrected chi connectivity index (χ2v) is 4.44. The molecule has 1 atom stereocenters. The molecule has 2 rings (SSSR count). The van der Waals surface area contributed by atoms with Crippen molar-refractivity contribution in [2.24, 2.45) is 0 Å². The van der Waals surface area contributed by atoms with Crippen molar-refractivity contribution in [1.82, 2.24) is 4.90 Å². The van der Waals surface area contributed by atoms with Crippen LogP contribution >= 0.6 is 0 Å². The van der Waals surface area contributed by atoms with E-state index in [2.05, 4.69) is 5.32 Å². The van der Waals surface area contributed by atoms with Crippen molar-refractivity contribution in [3.8, 4) is 6.07 Å². The highest BCUT2D eigenvalue weighted by Gasteiger charge is 2.31. The van der Waals surface area contributed by atoms with Crippen LogP contribution in [0.15, 0.2) is 18.2 Å². The van der Waals surface area contributed by atoms with Crippen LogP contribution in [-0.4, -0.2) is 29.8 Å². The molecule has 0 spiro atoms. The Hall–Kier alpha value is -2.55. The Morgan fingerprint density at radius 2 is 2.21 bits per heavy atom. The van der Waals surface area contributed by atoms with Crippen molar-refractivity contribution in [2.75, 3.05) is 18.1 Å². The molecular weight excluding hydrogens is 244 g/mol. The monoisotopic (exact) mass is 258 g/mol. The number of likely N-dealkylation sites (N-methyl/N-ethyl adjacent to an activating group) is 1. The highest BCUT2D eigenvalue weighted by Crippen LogP contribution is 2.23.